The molecular formula is C32H45N7O3S2. The Labute approximate surface area is 271 Å². The van der Waals surface area contributed by atoms with Crippen molar-refractivity contribution in [1.82, 2.24) is 20.2 Å². The second kappa shape index (κ2) is 16.6. The highest BCUT2D eigenvalue weighted by Crippen LogP contribution is 2.32. The van der Waals surface area contributed by atoms with Crippen molar-refractivity contribution < 1.29 is 14.7 Å². The number of nitrogens with one attached hydrogen (secondary N) is 2. The van der Waals surface area contributed by atoms with Gasteiger partial charge < -0.3 is 31.3 Å². The van der Waals surface area contributed by atoms with Crippen molar-refractivity contribution >= 4 is 65.5 Å². The van der Waals surface area contributed by atoms with Gasteiger partial charge in [-0.3, -0.25) is 9.59 Å². The zero-order valence-corrected chi connectivity index (χ0v) is 27.9. The van der Waals surface area contributed by atoms with E-state index >= 15 is 0 Å². The maximum absolute atomic E-state index is 13.0. The summed E-state index contributed by atoms with van der Waals surface area (Å²) in [6, 6.07) is 12.3. The number of amides is 2. The summed E-state index contributed by atoms with van der Waals surface area (Å²) in [6.45, 7) is 6.52. The van der Waals surface area contributed by atoms with Crippen LogP contribution in [0.15, 0.2) is 53.9 Å². The van der Waals surface area contributed by atoms with E-state index in [4.69, 9.17) is 5.73 Å². The van der Waals surface area contributed by atoms with Gasteiger partial charge in [-0.15, -0.1) is 0 Å². The number of carbonyl (C=O) groups is 2. The molecule has 0 aliphatic heterocycles. The lowest BCUT2D eigenvalue weighted by molar-refractivity contribution is -0.129. The van der Waals surface area contributed by atoms with Crippen LogP contribution in [0.25, 0.3) is 10.8 Å². The van der Waals surface area contributed by atoms with Gasteiger partial charge in [-0.25, -0.2) is 9.97 Å². The molecule has 5 N–H and O–H groups in total. The Bertz CT molecular complexity index is 1470. The zero-order valence-electron chi connectivity index (χ0n) is 26.1. The van der Waals surface area contributed by atoms with E-state index in [1.165, 1.54) is 4.90 Å². The molecule has 2 atom stereocenters. The van der Waals surface area contributed by atoms with E-state index in [1.807, 2.05) is 46.1 Å². The summed E-state index contributed by atoms with van der Waals surface area (Å²) in [7, 11) is 4.03. The van der Waals surface area contributed by atoms with E-state index < -0.39 is 12.0 Å². The Hall–Kier alpha value is -3.48. The van der Waals surface area contributed by atoms with Gasteiger partial charge in [-0.2, -0.15) is 25.3 Å². The molecule has 0 saturated carbocycles. The van der Waals surface area contributed by atoms with Crippen LogP contribution >= 0.6 is 25.3 Å². The summed E-state index contributed by atoms with van der Waals surface area (Å²) in [4.78, 5) is 37.2. The minimum absolute atomic E-state index is 0.0543. The Morgan fingerprint density at radius 2 is 1.84 bits per heavy atom. The summed E-state index contributed by atoms with van der Waals surface area (Å²) in [5.41, 5.74) is 10.2. The maximum atomic E-state index is 13.0. The maximum Gasteiger partial charge on any atom is 0.249 e. The van der Waals surface area contributed by atoms with E-state index in [0.717, 1.165) is 27.7 Å². The number of thiol groups is 2. The van der Waals surface area contributed by atoms with E-state index in [-0.39, 0.29) is 23.5 Å². The Kier molecular flexibility index (Phi) is 13.2. The first-order valence-electron chi connectivity index (χ1n) is 14.7. The molecule has 1 heterocycles. The number of anilines is 3. The summed E-state index contributed by atoms with van der Waals surface area (Å²) < 4.78 is -0.214. The first-order valence-corrected chi connectivity index (χ1v) is 15.7. The molecule has 1 aromatic heterocycles. The molecule has 0 bridgehead atoms. The number of rotatable bonds is 16. The molecule has 0 saturated heterocycles. The lowest BCUT2D eigenvalue weighted by Crippen LogP contribution is -2.38. The molecule has 238 valence electrons. The number of allylic oxidation sites excluding steroid dienone is 1. The van der Waals surface area contributed by atoms with Gasteiger partial charge in [0.15, 0.2) is 0 Å². The number of aliphatic hydroxyl groups excluding tert-OH is 1. The monoisotopic (exact) mass is 639 g/mol. The third-order valence-corrected chi connectivity index (χ3v) is 8.12. The van der Waals surface area contributed by atoms with E-state index in [0.29, 0.717) is 55.2 Å². The van der Waals surface area contributed by atoms with Gasteiger partial charge in [0, 0.05) is 77.8 Å². The minimum Gasteiger partial charge on any atom is -0.383 e. The first-order chi connectivity index (χ1) is 21.0. The van der Waals surface area contributed by atoms with Crippen LogP contribution in [0.4, 0.5) is 17.2 Å². The van der Waals surface area contributed by atoms with Gasteiger partial charge in [0.05, 0.1) is 6.54 Å². The highest BCUT2D eigenvalue weighted by Gasteiger charge is 2.26. The van der Waals surface area contributed by atoms with Crippen LogP contribution in [-0.2, 0) is 16.1 Å². The van der Waals surface area contributed by atoms with Crippen molar-refractivity contribution in [3.8, 4) is 0 Å². The number of hydrogen-bond donors (Lipinski definition) is 6. The molecule has 0 spiro atoms. The number of carbonyl (C=O) groups excluding carboxylic acids is 2. The number of nitrogens with zero attached hydrogens (tertiary/aromatic N) is 4. The molecule has 2 amide bonds. The van der Waals surface area contributed by atoms with Crippen molar-refractivity contribution in [1.29, 1.82) is 0 Å². The minimum atomic E-state index is -1.31. The van der Waals surface area contributed by atoms with E-state index in [1.54, 1.807) is 13.1 Å². The van der Waals surface area contributed by atoms with Gasteiger partial charge in [0.1, 0.15) is 17.7 Å². The molecule has 0 aliphatic carbocycles. The molecule has 3 rings (SSSR count). The van der Waals surface area contributed by atoms with Gasteiger partial charge >= 0.3 is 0 Å². The third kappa shape index (κ3) is 9.26. The van der Waals surface area contributed by atoms with Crippen LogP contribution < -0.4 is 21.3 Å². The smallest absolute Gasteiger partial charge is 0.249 e. The molecule has 12 heteroatoms. The fourth-order valence-electron chi connectivity index (χ4n) is 5.30. The van der Waals surface area contributed by atoms with Gasteiger partial charge in [-0.1, -0.05) is 31.2 Å². The molecular weight excluding hydrogens is 595 g/mol. The van der Waals surface area contributed by atoms with Crippen molar-refractivity contribution in [3.63, 3.8) is 0 Å². The van der Waals surface area contributed by atoms with Crippen molar-refractivity contribution in [2.45, 2.75) is 57.3 Å². The lowest BCUT2D eigenvalue weighted by atomic mass is 9.87. The molecule has 10 nitrogen and oxygen atoms in total. The topological polar surface area (TPSA) is 137 Å². The first kappa shape index (κ1) is 35.0. The highest BCUT2D eigenvalue weighted by atomic mass is 32.2. The number of nitrogens with two attached hydrogens (primary N) is 1. The number of nitrogen functional groups attached to an aromatic ring is 1. The van der Waals surface area contributed by atoms with Crippen LogP contribution in [0, 0.1) is 12.8 Å². The second-order valence-electron chi connectivity index (χ2n) is 11.0. The van der Waals surface area contributed by atoms with Crippen molar-refractivity contribution in [2.24, 2.45) is 5.92 Å². The molecule has 0 radical (unpaired) electrons. The Morgan fingerprint density at radius 1 is 1.14 bits per heavy atom. The van der Waals surface area contributed by atoms with Crippen LogP contribution in [0.5, 0.6) is 0 Å². The quantitative estimate of drug-likeness (QED) is 0.0588. The van der Waals surface area contributed by atoms with Crippen LogP contribution in [0.2, 0.25) is 0 Å². The average Bonchev–Trinajstić information content (AvgIpc) is 2.99. The normalized spacial score (nSPS) is 13.3. The second-order valence-corrected chi connectivity index (χ2v) is 12.7. The summed E-state index contributed by atoms with van der Waals surface area (Å²) >= 11 is 8.92. The Morgan fingerprint density at radius 3 is 2.48 bits per heavy atom. The molecule has 0 fully saturated rings. The lowest BCUT2D eigenvalue weighted by Gasteiger charge is -2.29. The fraction of sp³-hybridized carbons (Fsp3) is 0.438. The molecule has 0 aliphatic rings. The van der Waals surface area contributed by atoms with Crippen LogP contribution in [-0.4, -0.2) is 70.2 Å². The highest BCUT2D eigenvalue weighted by molar-refractivity contribution is 7.99. The predicted molar refractivity (Wildman–Crippen MR) is 186 cm³/mol. The third-order valence-electron chi connectivity index (χ3n) is 7.70. The van der Waals surface area contributed by atoms with Gasteiger partial charge in [0.25, 0.3) is 0 Å². The number of hydrogen-bond acceptors (Lipinski definition) is 10. The van der Waals surface area contributed by atoms with Gasteiger partial charge in [-0.05, 0) is 50.3 Å². The number of benzene rings is 2. The van der Waals surface area contributed by atoms with Crippen molar-refractivity contribution in [2.75, 3.05) is 43.1 Å². The summed E-state index contributed by atoms with van der Waals surface area (Å²) in [5, 5.41) is 19.5. The molecule has 3 aromatic rings. The van der Waals surface area contributed by atoms with E-state index in [2.05, 4.69) is 69.0 Å². The number of aryl methyl sites for hydroxylation is 1. The standard InChI is InChI=1S/C32H45N7O3S2/c1-6-22(15-30(43)44)26(20(2)39(19-40)18-23-17-36-21(3)37-31(23)33)16-29(41)32(42)35-14-13-34-27-11-7-10-25-24(27)9-8-12-28(25)38(4)5/h7-12,17,19,22,29-30,34,41,43-44H,6,13-16,18H2,1-5H3,(H,35,42)(H2,33,36,37). The predicted octanol–water partition coefficient (Wildman–Crippen LogP) is 4.40. The zero-order chi connectivity index (χ0) is 32.4. The van der Waals surface area contributed by atoms with Crippen LogP contribution in [0.1, 0.15) is 44.5 Å². The van der Waals surface area contributed by atoms with Gasteiger partial charge in [0.2, 0.25) is 12.3 Å². The fourth-order valence-corrected chi connectivity index (χ4v) is 5.80. The number of aliphatic hydroxyl groups is 1. The summed E-state index contributed by atoms with van der Waals surface area (Å²) in [5.74, 6) is 0.288. The SMILES string of the molecule is CCC(CC(S)S)C(CC(O)C(=O)NCCNc1cccc2c(N(C)C)cccc12)=C(C)N(C=O)Cc1cnc(C)nc1N. The number of aromatic nitrogens is 2. The Balaban J connectivity index is 1.72. The average molecular weight is 640 g/mol. The number of fused-ring (bicyclic) bond motifs is 1. The summed E-state index contributed by atoms with van der Waals surface area (Å²) in [6.07, 6.45) is 2.37. The molecule has 44 heavy (non-hydrogen) atoms. The molecule has 2 aromatic carbocycles. The molecule has 2 unspecified atom stereocenters. The van der Waals surface area contributed by atoms with Crippen molar-refractivity contribution in [3.05, 3.63) is 65.3 Å². The van der Waals surface area contributed by atoms with Crippen LogP contribution in [0.3, 0.4) is 0 Å². The van der Waals surface area contributed by atoms with E-state index in [9.17, 15) is 14.7 Å². The largest absolute Gasteiger partial charge is 0.383 e.